The maximum absolute atomic E-state index is 12.1. The van der Waals surface area contributed by atoms with E-state index in [0.29, 0.717) is 22.9 Å². The molecule has 0 aliphatic carbocycles. The van der Waals surface area contributed by atoms with Gasteiger partial charge in [-0.2, -0.15) is 0 Å². The molecule has 0 fully saturated rings. The number of thioether (sulfide) groups is 1. The lowest BCUT2D eigenvalue weighted by atomic mass is 10.2. The van der Waals surface area contributed by atoms with Crippen molar-refractivity contribution in [1.82, 2.24) is 20.8 Å². The zero-order valence-electron chi connectivity index (χ0n) is 12.9. The molecule has 0 aromatic carbocycles. The Morgan fingerprint density at radius 3 is 2.78 bits per heavy atom. The standard InChI is InChI=1S/C14H18N4O2S.2ClH/c1-10-8-11(18-20-10)9-21-14-12(4-3-5-17-14)13(19)16-7-6-15-2;;/h3-5,8,15H,6-7,9H2,1-2H3,(H,16,19);2*1H. The average molecular weight is 379 g/mol. The van der Waals surface area contributed by atoms with Gasteiger partial charge in [0.15, 0.2) is 0 Å². The summed E-state index contributed by atoms with van der Waals surface area (Å²) in [6.45, 7) is 3.16. The summed E-state index contributed by atoms with van der Waals surface area (Å²) < 4.78 is 5.03. The Hall–Kier alpha value is -1.28. The van der Waals surface area contributed by atoms with Gasteiger partial charge in [-0.15, -0.1) is 24.8 Å². The molecular formula is C14H20Cl2N4O2S. The van der Waals surface area contributed by atoms with Gasteiger partial charge in [0.2, 0.25) is 0 Å². The van der Waals surface area contributed by atoms with Crippen LogP contribution in [0, 0.1) is 6.92 Å². The van der Waals surface area contributed by atoms with Crippen LogP contribution in [0.15, 0.2) is 33.9 Å². The normalized spacial score (nSPS) is 9.65. The Balaban J connectivity index is 0.00000242. The number of likely N-dealkylation sites (N-methyl/N-ethyl adjacent to an activating group) is 1. The number of carbonyl (C=O) groups is 1. The van der Waals surface area contributed by atoms with Crippen molar-refractivity contribution in [2.24, 2.45) is 0 Å². The number of aromatic nitrogens is 2. The highest BCUT2D eigenvalue weighted by molar-refractivity contribution is 7.98. The first-order valence-electron chi connectivity index (χ1n) is 6.63. The number of hydrogen-bond acceptors (Lipinski definition) is 6. The fourth-order valence-electron chi connectivity index (χ4n) is 1.70. The smallest absolute Gasteiger partial charge is 0.254 e. The molecule has 2 aromatic heterocycles. The van der Waals surface area contributed by atoms with E-state index in [9.17, 15) is 4.79 Å². The lowest BCUT2D eigenvalue weighted by molar-refractivity contribution is 0.0950. The predicted octanol–water partition coefficient (Wildman–Crippen LogP) is 2.46. The fourth-order valence-corrected chi connectivity index (χ4v) is 2.58. The zero-order valence-corrected chi connectivity index (χ0v) is 15.3. The number of aryl methyl sites for hydroxylation is 1. The van der Waals surface area contributed by atoms with Crippen molar-refractivity contribution >= 4 is 42.5 Å². The Labute approximate surface area is 152 Å². The molecule has 0 radical (unpaired) electrons. The van der Waals surface area contributed by atoms with Gasteiger partial charge < -0.3 is 15.2 Å². The van der Waals surface area contributed by atoms with Crippen LogP contribution < -0.4 is 10.6 Å². The van der Waals surface area contributed by atoms with Crippen LogP contribution in [0.4, 0.5) is 0 Å². The van der Waals surface area contributed by atoms with Gasteiger partial charge in [0.1, 0.15) is 10.8 Å². The third kappa shape index (κ3) is 6.78. The number of nitrogens with zero attached hydrogens (tertiary/aromatic N) is 2. The van der Waals surface area contributed by atoms with Crippen molar-refractivity contribution < 1.29 is 9.32 Å². The maximum atomic E-state index is 12.1. The molecule has 0 saturated carbocycles. The molecule has 0 aliphatic heterocycles. The van der Waals surface area contributed by atoms with Crippen LogP contribution in [-0.2, 0) is 5.75 Å². The second-order valence-corrected chi connectivity index (χ2v) is 5.40. The van der Waals surface area contributed by atoms with Crippen molar-refractivity contribution in [2.45, 2.75) is 17.7 Å². The second kappa shape index (κ2) is 11.3. The largest absolute Gasteiger partial charge is 0.361 e. The van der Waals surface area contributed by atoms with E-state index in [0.717, 1.165) is 18.0 Å². The van der Waals surface area contributed by atoms with Gasteiger partial charge in [-0.3, -0.25) is 4.79 Å². The summed E-state index contributed by atoms with van der Waals surface area (Å²) in [6, 6.07) is 5.41. The summed E-state index contributed by atoms with van der Waals surface area (Å²) in [5.74, 6) is 1.28. The minimum atomic E-state index is -0.114. The molecule has 1 amide bonds. The van der Waals surface area contributed by atoms with Crippen molar-refractivity contribution in [3.8, 4) is 0 Å². The quantitative estimate of drug-likeness (QED) is 0.568. The first kappa shape index (κ1) is 21.7. The van der Waals surface area contributed by atoms with Crippen LogP contribution in [0.1, 0.15) is 21.8 Å². The molecule has 0 saturated heterocycles. The van der Waals surface area contributed by atoms with E-state index < -0.39 is 0 Å². The SMILES string of the molecule is CNCCNC(=O)c1cccnc1SCc1cc(C)on1.Cl.Cl. The Bertz CT molecular complexity index is 610. The lowest BCUT2D eigenvalue weighted by Gasteiger charge is -2.08. The van der Waals surface area contributed by atoms with E-state index in [1.807, 2.05) is 20.0 Å². The molecule has 0 unspecified atom stereocenters. The molecule has 2 N–H and O–H groups in total. The number of amides is 1. The molecule has 128 valence electrons. The van der Waals surface area contributed by atoms with Crippen molar-refractivity contribution in [3.05, 3.63) is 41.4 Å². The van der Waals surface area contributed by atoms with E-state index in [1.165, 1.54) is 11.8 Å². The monoisotopic (exact) mass is 378 g/mol. The highest BCUT2D eigenvalue weighted by Crippen LogP contribution is 2.23. The van der Waals surface area contributed by atoms with Gasteiger partial charge in [-0.1, -0.05) is 16.9 Å². The number of nitrogens with one attached hydrogen (secondary N) is 2. The molecule has 2 heterocycles. The third-order valence-corrected chi connectivity index (χ3v) is 3.75. The van der Waals surface area contributed by atoms with Crippen LogP contribution in [0.2, 0.25) is 0 Å². The van der Waals surface area contributed by atoms with Gasteiger partial charge in [-0.25, -0.2) is 4.98 Å². The summed E-state index contributed by atoms with van der Waals surface area (Å²) in [4.78, 5) is 16.4. The Morgan fingerprint density at radius 2 is 2.13 bits per heavy atom. The van der Waals surface area contributed by atoms with Crippen LogP contribution in [0.25, 0.3) is 0 Å². The number of rotatable bonds is 7. The molecule has 9 heteroatoms. The Morgan fingerprint density at radius 1 is 1.35 bits per heavy atom. The summed E-state index contributed by atoms with van der Waals surface area (Å²) >= 11 is 1.47. The molecule has 6 nitrogen and oxygen atoms in total. The molecule has 2 aromatic rings. The maximum Gasteiger partial charge on any atom is 0.254 e. The van der Waals surface area contributed by atoms with Gasteiger partial charge in [0.25, 0.3) is 5.91 Å². The van der Waals surface area contributed by atoms with E-state index in [-0.39, 0.29) is 30.7 Å². The summed E-state index contributed by atoms with van der Waals surface area (Å²) in [6.07, 6.45) is 1.68. The fraction of sp³-hybridized carbons (Fsp3) is 0.357. The van der Waals surface area contributed by atoms with Crippen LogP contribution in [-0.4, -0.2) is 36.2 Å². The van der Waals surface area contributed by atoms with E-state index in [4.69, 9.17) is 4.52 Å². The van der Waals surface area contributed by atoms with Crippen LogP contribution in [0.3, 0.4) is 0 Å². The number of hydrogen-bond donors (Lipinski definition) is 2. The number of carbonyl (C=O) groups excluding carboxylic acids is 1. The molecule has 23 heavy (non-hydrogen) atoms. The minimum Gasteiger partial charge on any atom is -0.361 e. The van der Waals surface area contributed by atoms with Crippen molar-refractivity contribution in [1.29, 1.82) is 0 Å². The summed E-state index contributed by atoms with van der Waals surface area (Å²) in [5, 5.41) is 10.5. The van der Waals surface area contributed by atoms with Gasteiger partial charge in [0, 0.05) is 31.1 Å². The van der Waals surface area contributed by atoms with E-state index in [1.54, 1.807) is 18.3 Å². The highest BCUT2D eigenvalue weighted by atomic mass is 35.5. The molecule has 2 rings (SSSR count). The summed E-state index contributed by atoms with van der Waals surface area (Å²) in [7, 11) is 1.84. The molecular weight excluding hydrogens is 359 g/mol. The molecule has 0 atom stereocenters. The van der Waals surface area contributed by atoms with Crippen molar-refractivity contribution in [3.63, 3.8) is 0 Å². The first-order chi connectivity index (χ1) is 10.2. The van der Waals surface area contributed by atoms with Gasteiger partial charge in [-0.05, 0) is 26.1 Å². The molecule has 0 bridgehead atoms. The van der Waals surface area contributed by atoms with Gasteiger partial charge in [0.05, 0.1) is 11.3 Å². The van der Waals surface area contributed by atoms with Crippen LogP contribution >= 0.6 is 36.6 Å². The third-order valence-electron chi connectivity index (χ3n) is 2.71. The number of halogens is 2. The van der Waals surface area contributed by atoms with Gasteiger partial charge >= 0.3 is 0 Å². The second-order valence-electron chi connectivity index (χ2n) is 4.43. The van der Waals surface area contributed by atoms with Crippen LogP contribution in [0.5, 0.6) is 0 Å². The lowest BCUT2D eigenvalue weighted by Crippen LogP contribution is -2.30. The topological polar surface area (TPSA) is 80.0 Å². The van der Waals surface area contributed by atoms with Crippen molar-refractivity contribution in [2.75, 3.05) is 20.1 Å². The highest BCUT2D eigenvalue weighted by Gasteiger charge is 2.13. The molecule has 0 spiro atoms. The molecule has 0 aliphatic rings. The summed E-state index contributed by atoms with van der Waals surface area (Å²) in [5.41, 5.74) is 1.42. The predicted molar refractivity (Wildman–Crippen MR) is 95.8 cm³/mol. The Kier molecular flexibility index (Phi) is 10.7. The average Bonchev–Trinajstić information content (AvgIpc) is 2.91. The number of pyridine rings is 1. The zero-order chi connectivity index (χ0) is 15.1. The first-order valence-corrected chi connectivity index (χ1v) is 7.62. The minimum absolute atomic E-state index is 0. The van der Waals surface area contributed by atoms with E-state index >= 15 is 0 Å². The van der Waals surface area contributed by atoms with E-state index in [2.05, 4.69) is 20.8 Å².